The Morgan fingerprint density at radius 1 is 1.39 bits per heavy atom. The number of likely N-dealkylation sites (N-methyl/N-ethyl adjacent to an activating group) is 1. The van der Waals surface area contributed by atoms with Gasteiger partial charge < -0.3 is 4.90 Å². The van der Waals surface area contributed by atoms with Crippen LogP contribution in [0.25, 0.3) is 0 Å². The molecule has 0 amide bonds. The van der Waals surface area contributed by atoms with E-state index < -0.39 is 10.0 Å². The van der Waals surface area contributed by atoms with Crippen LogP contribution in [0.2, 0.25) is 0 Å². The molecule has 5 nitrogen and oxygen atoms in total. The quantitative estimate of drug-likeness (QED) is 0.815. The highest BCUT2D eigenvalue weighted by Crippen LogP contribution is 2.21. The van der Waals surface area contributed by atoms with Gasteiger partial charge in [-0.25, -0.2) is 8.42 Å². The smallest absolute Gasteiger partial charge is 0.244 e. The van der Waals surface area contributed by atoms with Gasteiger partial charge in [-0.1, -0.05) is 0 Å². The summed E-state index contributed by atoms with van der Waals surface area (Å²) in [6, 6.07) is 1.82. The fourth-order valence-electron chi connectivity index (χ4n) is 1.92. The molecule has 0 bridgehead atoms. The first-order valence-corrected chi connectivity index (χ1v) is 7.95. The summed E-state index contributed by atoms with van der Waals surface area (Å²) in [5.41, 5.74) is 0. The lowest BCUT2D eigenvalue weighted by Crippen LogP contribution is -2.51. The average Bonchev–Trinajstić information content (AvgIpc) is 2.32. The van der Waals surface area contributed by atoms with Gasteiger partial charge in [-0.2, -0.15) is 4.31 Å². The summed E-state index contributed by atoms with van der Waals surface area (Å²) in [6.45, 7) is 3.82. The van der Waals surface area contributed by atoms with Gasteiger partial charge in [0.05, 0.1) is 0 Å². The zero-order valence-corrected chi connectivity index (χ0v) is 12.8. The van der Waals surface area contributed by atoms with Gasteiger partial charge in [0.15, 0.2) is 0 Å². The van der Waals surface area contributed by atoms with Crippen molar-refractivity contribution in [3.63, 3.8) is 0 Å². The van der Waals surface area contributed by atoms with E-state index in [1.54, 1.807) is 12.3 Å². The highest BCUT2D eigenvalue weighted by atomic mass is 79.9. The van der Waals surface area contributed by atoms with Crippen molar-refractivity contribution >= 4 is 26.0 Å². The van der Waals surface area contributed by atoms with Crippen molar-refractivity contribution in [1.29, 1.82) is 0 Å². The first-order valence-electron chi connectivity index (χ1n) is 5.72. The molecular formula is C11H16BrN3O2S. The highest BCUT2D eigenvalue weighted by molar-refractivity contribution is 9.10. The maximum Gasteiger partial charge on any atom is 0.244 e. The van der Waals surface area contributed by atoms with Gasteiger partial charge >= 0.3 is 0 Å². The van der Waals surface area contributed by atoms with Gasteiger partial charge in [-0.3, -0.25) is 4.98 Å². The lowest BCUT2D eigenvalue weighted by molar-refractivity contribution is 0.159. The molecule has 18 heavy (non-hydrogen) atoms. The first kappa shape index (κ1) is 13.9. The van der Waals surface area contributed by atoms with Crippen LogP contribution in [0.3, 0.4) is 0 Å². The van der Waals surface area contributed by atoms with Crippen LogP contribution >= 0.6 is 15.9 Å². The molecule has 2 heterocycles. The monoisotopic (exact) mass is 333 g/mol. The average molecular weight is 334 g/mol. The summed E-state index contributed by atoms with van der Waals surface area (Å²) < 4.78 is 27.1. The van der Waals surface area contributed by atoms with Crippen LogP contribution in [0.4, 0.5) is 0 Å². The number of hydrogen-bond donors (Lipinski definition) is 0. The van der Waals surface area contributed by atoms with Crippen molar-refractivity contribution in [2.45, 2.75) is 17.9 Å². The first-order chi connectivity index (χ1) is 8.41. The number of sulfonamides is 1. The minimum absolute atomic E-state index is 0.230. The molecule has 1 atom stereocenters. The molecule has 1 fully saturated rings. The SMILES string of the molecule is CC1CN(S(=O)(=O)c2cncc(Br)c2)CCN1C. The number of pyridine rings is 1. The van der Waals surface area contributed by atoms with Crippen LogP contribution in [0.5, 0.6) is 0 Å². The minimum Gasteiger partial charge on any atom is -0.301 e. The van der Waals surface area contributed by atoms with E-state index in [9.17, 15) is 8.42 Å². The van der Waals surface area contributed by atoms with Crippen molar-refractivity contribution < 1.29 is 8.42 Å². The number of halogens is 1. The largest absolute Gasteiger partial charge is 0.301 e. The lowest BCUT2D eigenvalue weighted by Gasteiger charge is -2.36. The molecule has 0 radical (unpaired) electrons. The van der Waals surface area contributed by atoms with Crippen molar-refractivity contribution in [3.8, 4) is 0 Å². The Balaban J connectivity index is 2.27. The van der Waals surface area contributed by atoms with Crippen molar-refractivity contribution in [2.24, 2.45) is 0 Å². The zero-order valence-electron chi connectivity index (χ0n) is 10.4. The van der Waals surface area contributed by atoms with Crippen LogP contribution in [-0.2, 0) is 10.0 Å². The molecule has 2 rings (SSSR count). The van der Waals surface area contributed by atoms with Gasteiger partial charge in [-0.05, 0) is 36.0 Å². The van der Waals surface area contributed by atoms with Crippen molar-refractivity contribution in [1.82, 2.24) is 14.2 Å². The Kier molecular flexibility index (Phi) is 4.05. The predicted octanol–water partition coefficient (Wildman–Crippen LogP) is 1.17. The van der Waals surface area contributed by atoms with E-state index in [0.29, 0.717) is 17.6 Å². The van der Waals surface area contributed by atoms with Crippen molar-refractivity contribution in [3.05, 3.63) is 22.9 Å². The van der Waals surface area contributed by atoms with E-state index in [2.05, 4.69) is 25.8 Å². The van der Waals surface area contributed by atoms with Crippen molar-refractivity contribution in [2.75, 3.05) is 26.7 Å². The van der Waals surface area contributed by atoms with E-state index in [-0.39, 0.29) is 10.9 Å². The fraction of sp³-hybridized carbons (Fsp3) is 0.545. The van der Waals surface area contributed by atoms with Crippen LogP contribution < -0.4 is 0 Å². The standard InChI is InChI=1S/C11H16BrN3O2S/c1-9-8-15(4-3-14(9)2)18(16,17)11-5-10(12)6-13-7-11/h5-7,9H,3-4,8H2,1-2H3. The van der Waals surface area contributed by atoms with Crippen LogP contribution in [-0.4, -0.2) is 55.3 Å². The number of rotatable bonds is 2. The van der Waals surface area contributed by atoms with E-state index >= 15 is 0 Å². The zero-order chi connectivity index (χ0) is 13.3. The Labute approximate surface area is 116 Å². The number of piperazine rings is 1. The van der Waals surface area contributed by atoms with Gasteiger partial charge in [0.2, 0.25) is 10.0 Å². The molecule has 0 spiro atoms. The summed E-state index contributed by atoms with van der Waals surface area (Å²) in [5, 5.41) is 0. The van der Waals surface area contributed by atoms with E-state index in [4.69, 9.17) is 0 Å². The van der Waals surface area contributed by atoms with Crippen LogP contribution in [0, 0.1) is 0 Å². The molecule has 1 unspecified atom stereocenters. The van der Waals surface area contributed by atoms with E-state index in [1.165, 1.54) is 10.5 Å². The number of nitrogens with zero attached hydrogens (tertiary/aromatic N) is 3. The second-order valence-electron chi connectivity index (χ2n) is 4.53. The summed E-state index contributed by atoms with van der Waals surface area (Å²) in [4.78, 5) is 6.32. The summed E-state index contributed by atoms with van der Waals surface area (Å²) in [7, 11) is -1.42. The van der Waals surface area contributed by atoms with Crippen LogP contribution in [0.1, 0.15) is 6.92 Å². The maximum absolute atomic E-state index is 12.4. The topological polar surface area (TPSA) is 53.5 Å². The lowest BCUT2D eigenvalue weighted by atomic mass is 10.2. The normalized spacial score (nSPS) is 23.2. The Hall–Kier alpha value is -0.500. The second kappa shape index (κ2) is 5.24. The predicted molar refractivity (Wildman–Crippen MR) is 72.8 cm³/mol. The number of aromatic nitrogens is 1. The molecule has 7 heteroatoms. The number of hydrogen-bond acceptors (Lipinski definition) is 4. The molecular weight excluding hydrogens is 318 g/mol. The molecule has 0 saturated carbocycles. The second-order valence-corrected chi connectivity index (χ2v) is 7.39. The molecule has 0 aliphatic carbocycles. The highest BCUT2D eigenvalue weighted by Gasteiger charge is 2.30. The molecule has 100 valence electrons. The third-order valence-corrected chi connectivity index (χ3v) is 5.50. The van der Waals surface area contributed by atoms with Gasteiger partial charge in [0.25, 0.3) is 0 Å². The Morgan fingerprint density at radius 3 is 2.72 bits per heavy atom. The molecule has 0 N–H and O–H groups in total. The fourth-order valence-corrected chi connectivity index (χ4v) is 3.93. The van der Waals surface area contributed by atoms with Crippen LogP contribution in [0.15, 0.2) is 27.8 Å². The third kappa shape index (κ3) is 2.74. The molecule has 1 saturated heterocycles. The Morgan fingerprint density at radius 2 is 2.11 bits per heavy atom. The molecule has 1 aliphatic rings. The summed E-state index contributed by atoms with van der Waals surface area (Å²) >= 11 is 3.25. The summed E-state index contributed by atoms with van der Waals surface area (Å²) in [6.07, 6.45) is 2.97. The molecule has 1 aromatic rings. The molecule has 1 aromatic heterocycles. The Bertz CT molecular complexity index is 535. The third-order valence-electron chi connectivity index (χ3n) is 3.24. The van der Waals surface area contributed by atoms with Gasteiger partial charge in [0, 0.05) is 42.5 Å². The van der Waals surface area contributed by atoms with Gasteiger partial charge in [0.1, 0.15) is 4.90 Å². The van der Waals surface area contributed by atoms with Gasteiger partial charge in [-0.15, -0.1) is 0 Å². The summed E-state index contributed by atoms with van der Waals surface area (Å²) in [5.74, 6) is 0. The minimum atomic E-state index is -3.43. The maximum atomic E-state index is 12.4. The molecule has 1 aliphatic heterocycles. The van der Waals surface area contributed by atoms with E-state index in [1.807, 2.05) is 14.0 Å². The molecule has 0 aromatic carbocycles. The van der Waals surface area contributed by atoms with E-state index in [0.717, 1.165) is 6.54 Å².